The van der Waals surface area contributed by atoms with Crippen LogP contribution in [0.2, 0.25) is 0 Å². The zero-order valence-electron chi connectivity index (χ0n) is 20.7. The predicted molar refractivity (Wildman–Crippen MR) is 134 cm³/mol. The van der Waals surface area contributed by atoms with E-state index >= 15 is 0 Å². The van der Waals surface area contributed by atoms with Crippen molar-refractivity contribution in [3.05, 3.63) is 86.4 Å². The second-order valence-electron chi connectivity index (χ2n) is 7.99. The highest BCUT2D eigenvalue weighted by atomic mass is 19.1. The number of amides is 1. The Kier molecular flexibility index (Phi) is 10.7. The maximum Gasteiger partial charge on any atom is 0.269 e. The van der Waals surface area contributed by atoms with Crippen LogP contribution in [0.3, 0.4) is 0 Å². The molecule has 9 heteroatoms. The zero-order valence-corrected chi connectivity index (χ0v) is 20.7. The van der Waals surface area contributed by atoms with Gasteiger partial charge in [0.1, 0.15) is 17.0 Å². The molecule has 2 aromatic rings. The lowest BCUT2D eigenvalue weighted by Gasteiger charge is -2.26. The minimum Gasteiger partial charge on any atom is -0.362 e. The molecule has 2 N–H and O–H groups in total. The molecule has 0 saturated heterocycles. The Hall–Kier alpha value is -3.43. The Labute approximate surface area is 203 Å². The Morgan fingerprint density at radius 2 is 2.03 bits per heavy atom. The number of hydroxylamine groups is 2. The van der Waals surface area contributed by atoms with Crippen molar-refractivity contribution in [1.29, 1.82) is 0 Å². The maximum atomic E-state index is 14.5. The Balaban J connectivity index is 0.00000100. The topological polar surface area (TPSA) is 87.3 Å². The van der Waals surface area contributed by atoms with E-state index in [1.54, 1.807) is 24.3 Å². The first-order valence-corrected chi connectivity index (χ1v) is 11.3. The number of hydrogen-bond acceptors (Lipinski definition) is 5. The third-order valence-electron chi connectivity index (χ3n) is 5.16. The van der Waals surface area contributed by atoms with E-state index in [2.05, 4.69) is 28.3 Å². The molecular formula is C26H32F2N4O3. The van der Waals surface area contributed by atoms with Crippen molar-refractivity contribution >= 4 is 17.4 Å². The summed E-state index contributed by atoms with van der Waals surface area (Å²) in [6, 6.07) is 3.08. The molecule has 0 fully saturated rings. The molecule has 0 radical (unpaired) electrons. The number of halogens is 2. The van der Waals surface area contributed by atoms with E-state index in [1.807, 2.05) is 19.1 Å². The van der Waals surface area contributed by atoms with Gasteiger partial charge in [0.25, 0.3) is 5.56 Å². The second-order valence-corrected chi connectivity index (χ2v) is 7.99. The molecule has 7 nitrogen and oxygen atoms in total. The van der Waals surface area contributed by atoms with Gasteiger partial charge < -0.3 is 10.3 Å². The van der Waals surface area contributed by atoms with Crippen LogP contribution in [-0.4, -0.2) is 41.6 Å². The molecule has 35 heavy (non-hydrogen) atoms. The van der Waals surface area contributed by atoms with Crippen molar-refractivity contribution in [2.45, 2.75) is 40.7 Å². The standard InChI is InChI=1S/C24H27F2N3O2.C2H5NO/c1-5-6-15(2)7-8-20(16(3)25)19-9-10-29(31-14-19)13-18-11-21(26)23-22(12-18)28-24(30)17(4)27-23;1-3-2-4/h6-9,11-12H,5,10,13-14H2,1-4H3,(H,28,30);2H,1H3,(H,3,4)/b8-7-,15-6+,20-16-;. The van der Waals surface area contributed by atoms with Gasteiger partial charge in [0.05, 0.1) is 12.1 Å². The Bertz CT molecular complexity index is 1230. The normalized spacial score (nSPS) is 15.4. The van der Waals surface area contributed by atoms with Gasteiger partial charge in [-0.2, -0.15) is 5.06 Å². The summed E-state index contributed by atoms with van der Waals surface area (Å²) in [5.74, 6) is -0.772. The minimum absolute atomic E-state index is 0.134. The summed E-state index contributed by atoms with van der Waals surface area (Å²) in [5, 5.41) is 3.92. The fourth-order valence-electron chi connectivity index (χ4n) is 3.42. The number of hydrogen-bond donors (Lipinski definition) is 2. The molecule has 2 heterocycles. The molecular weight excluding hydrogens is 454 g/mol. The monoisotopic (exact) mass is 486 g/mol. The van der Waals surface area contributed by atoms with Crippen molar-refractivity contribution in [2.75, 3.05) is 20.2 Å². The summed E-state index contributed by atoms with van der Waals surface area (Å²) in [6.45, 7) is 7.95. The van der Waals surface area contributed by atoms with Crippen molar-refractivity contribution in [3.63, 3.8) is 0 Å². The summed E-state index contributed by atoms with van der Waals surface area (Å²) in [6.07, 6.45) is 9.19. The van der Waals surface area contributed by atoms with Crippen LogP contribution in [0.5, 0.6) is 0 Å². The second kappa shape index (κ2) is 13.5. The fraction of sp³-hybridized carbons (Fsp3) is 0.346. The number of H-pyrrole nitrogens is 1. The highest BCUT2D eigenvalue weighted by Gasteiger charge is 2.17. The zero-order chi connectivity index (χ0) is 26.0. The number of aromatic nitrogens is 2. The number of benzene rings is 1. The van der Waals surface area contributed by atoms with Crippen LogP contribution >= 0.6 is 0 Å². The molecule has 0 saturated carbocycles. The smallest absolute Gasteiger partial charge is 0.269 e. The van der Waals surface area contributed by atoms with E-state index in [9.17, 15) is 13.6 Å². The average Bonchev–Trinajstić information content (AvgIpc) is 2.82. The van der Waals surface area contributed by atoms with Gasteiger partial charge >= 0.3 is 0 Å². The van der Waals surface area contributed by atoms with E-state index in [0.717, 1.165) is 17.6 Å². The molecule has 0 bridgehead atoms. The van der Waals surface area contributed by atoms with E-state index in [-0.39, 0.29) is 29.2 Å². The first-order valence-electron chi connectivity index (χ1n) is 11.3. The Morgan fingerprint density at radius 1 is 1.31 bits per heavy atom. The molecule has 0 aliphatic carbocycles. The van der Waals surface area contributed by atoms with Crippen molar-refractivity contribution in [1.82, 2.24) is 20.3 Å². The number of aryl methyl sites for hydroxylation is 1. The van der Waals surface area contributed by atoms with Crippen molar-refractivity contribution in [2.24, 2.45) is 0 Å². The average molecular weight is 487 g/mol. The summed E-state index contributed by atoms with van der Waals surface area (Å²) in [5.41, 5.74) is 3.35. The van der Waals surface area contributed by atoms with Crippen LogP contribution < -0.4 is 10.9 Å². The third-order valence-corrected chi connectivity index (χ3v) is 5.16. The summed E-state index contributed by atoms with van der Waals surface area (Å²) in [4.78, 5) is 33.3. The van der Waals surface area contributed by atoms with Gasteiger partial charge in [-0.05, 0) is 50.5 Å². The molecule has 1 aliphatic heterocycles. The molecule has 3 rings (SSSR count). The van der Waals surface area contributed by atoms with Crippen LogP contribution in [0, 0.1) is 12.7 Å². The van der Waals surface area contributed by atoms with Crippen LogP contribution in [0.25, 0.3) is 11.0 Å². The van der Waals surface area contributed by atoms with Crippen LogP contribution in [0.1, 0.15) is 38.4 Å². The minimum atomic E-state index is -0.501. The van der Waals surface area contributed by atoms with Crippen molar-refractivity contribution in [3.8, 4) is 0 Å². The summed E-state index contributed by atoms with van der Waals surface area (Å²) >= 11 is 0. The number of nitrogens with zero attached hydrogens (tertiary/aromatic N) is 2. The molecule has 188 valence electrons. The van der Waals surface area contributed by atoms with Gasteiger partial charge in [-0.15, -0.1) is 0 Å². The largest absolute Gasteiger partial charge is 0.362 e. The molecule has 1 aromatic carbocycles. The first kappa shape index (κ1) is 27.8. The number of aromatic amines is 1. The molecule has 0 spiro atoms. The highest BCUT2D eigenvalue weighted by molar-refractivity contribution is 5.75. The number of carbonyl (C=O) groups is 1. The SMILES string of the molecule is CC/C=C(C)/C=C\C(C1=CCN(Cc2cc(F)c3nc(C)c(=O)[nH]c3c2)OC1)=C(/C)F.CNC=O. The lowest BCUT2D eigenvalue weighted by Crippen LogP contribution is -2.29. The number of allylic oxidation sites excluding steroid dienone is 5. The quantitative estimate of drug-likeness (QED) is 0.443. The first-order chi connectivity index (χ1) is 16.7. The van der Waals surface area contributed by atoms with Gasteiger partial charge in [0.2, 0.25) is 6.41 Å². The molecule has 0 unspecified atom stereocenters. The van der Waals surface area contributed by atoms with E-state index in [1.165, 1.54) is 19.9 Å². The highest BCUT2D eigenvalue weighted by Crippen LogP contribution is 2.24. The van der Waals surface area contributed by atoms with Crippen LogP contribution in [0.4, 0.5) is 8.78 Å². The molecule has 1 aliphatic rings. The van der Waals surface area contributed by atoms with Gasteiger partial charge in [-0.1, -0.05) is 36.8 Å². The lowest BCUT2D eigenvalue weighted by atomic mass is 10.0. The molecule has 1 aromatic heterocycles. The summed E-state index contributed by atoms with van der Waals surface area (Å²) in [7, 11) is 1.56. The van der Waals surface area contributed by atoms with Gasteiger partial charge in [-0.25, -0.2) is 13.8 Å². The van der Waals surface area contributed by atoms with E-state index in [0.29, 0.717) is 36.2 Å². The van der Waals surface area contributed by atoms with Crippen molar-refractivity contribution < 1.29 is 18.4 Å². The molecule has 0 atom stereocenters. The van der Waals surface area contributed by atoms with Gasteiger partial charge in [0, 0.05) is 25.7 Å². The lowest BCUT2D eigenvalue weighted by molar-refractivity contribution is -0.156. The van der Waals surface area contributed by atoms with E-state index < -0.39 is 5.82 Å². The van der Waals surface area contributed by atoms with Gasteiger partial charge in [0.15, 0.2) is 5.82 Å². The fourth-order valence-corrected chi connectivity index (χ4v) is 3.42. The van der Waals surface area contributed by atoms with Gasteiger partial charge in [-0.3, -0.25) is 14.4 Å². The Morgan fingerprint density at radius 3 is 2.60 bits per heavy atom. The predicted octanol–water partition coefficient (Wildman–Crippen LogP) is 4.56. The number of rotatable bonds is 7. The number of fused-ring (bicyclic) bond motifs is 1. The third kappa shape index (κ3) is 8.08. The van der Waals surface area contributed by atoms with Crippen LogP contribution in [-0.2, 0) is 16.2 Å². The molecule has 1 amide bonds. The van der Waals surface area contributed by atoms with Crippen LogP contribution in [0.15, 0.2) is 63.8 Å². The maximum absolute atomic E-state index is 14.5. The number of nitrogens with one attached hydrogen (secondary N) is 2. The van der Waals surface area contributed by atoms with E-state index in [4.69, 9.17) is 9.63 Å². The summed E-state index contributed by atoms with van der Waals surface area (Å²) < 4.78 is 28.6. The number of carbonyl (C=O) groups excluding carboxylic acids is 1.